The lowest BCUT2D eigenvalue weighted by Crippen LogP contribution is -2.69. The van der Waals surface area contributed by atoms with Crippen molar-refractivity contribution in [1.29, 1.82) is 0 Å². The van der Waals surface area contributed by atoms with E-state index in [2.05, 4.69) is 10.6 Å². The third-order valence-electron chi connectivity index (χ3n) is 4.51. The molecule has 3 heterocycles. The molecule has 0 aromatic rings. The lowest BCUT2D eigenvalue weighted by atomic mass is 10.0. The number of nitrogens with zero attached hydrogens (tertiary/aromatic N) is 2. The summed E-state index contributed by atoms with van der Waals surface area (Å²) in [7, 11) is -4.58. The van der Waals surface area contributed by atoms with Gasteiger partial charge in [0.05, 0.1) is 6.04 Å². The number of carbonyl (C=O) groups is 3. The SMILES string of the molecule is O=C1CC[C@H](NC(=O)N2CCC3[C@H]2C(=O)N3S(=O)(=O)O)CCN1. The van der Waals surface area contributed by atoms with E-state index in [-0.39, 0.29) is 18.5 Å². The molecule has 23 heavy (non-hydrogen) atoms. The highest BCUT2D eigenvalue weighted by Gasteiger charge is 2.60. The van der Waals surface area contributed by atoms with E-state index in [0.717, 1.165) is 0 Å². The molecule has 4 amide bonds. The van der Waals surface area contributed by atoms with E-state index in [0.29, 0.717) is 36.5 Å². The fourth-order valence-electron chi connectivity index (χ4n) is 3.37. The Morgan fingerprint density at radius 2 is 2.00 bits per heavy atom. The molecule has 3 aliphatic rings. The van der Waals surface area contributed by atoms with Gasteiger partial charge in [0.15, 0.2) is 0 Å². The van der Waals surface area contributed by atoms with Crippen molar-refractivity contribution in [2.45, 2.75) is 43.8 Å². The lowest BCUT2D eigenvalue weighted by molar-refractivity contribution is -0.143. The van der Waals surface area contributed by atoms with Crippen LogP contribution in [-0.4, -0.2) is 71.2 Å². The van der Waals surface area contributed by atoms with Crippen molar-refractivity contribution < 1.29 is 27.4 Å². The third kappa shape index (κ3) is 2.85. The Labute approximate surface area is 133 Å². The van der Waals surface area contributed by atoms with Crippen LogP contribution in [0.4, 0.5) is 4.79 Å². The minimum absolute atomic E-state index is 0.0547. The van der Waals surface area contributed by atoms with Crippen LogP contribution in [0, 0.1) is 0 Å². The molecule has 3 fully saturated rings. The summed E-state index contributed by atoms with van der Waals surface area (Å²) >= 11 is 0. The smallest absolute Gasteiger partial charge is 0.356 e. The van der Waals surface area contributed by atoms with Crippen LogP contribution in [0.5, 0.6) is 0 Å². The highest BCUT2D eigenvalue weighted by molar-refractivity contribution is 7.84. The van der Waals surface area contributed by atoms with Crippen LogP contribution >= 0.6 is 0 Å². The second-order valence-electron chi connectivity index (χ2n) is 5.93. The van der Waals surface area contributed by atoms with E-state index >= 15 is 0 Å². The minimum atomic E-state index is -4.58. The number of hydrogen-bond donors (Lipinski definition) is 3. The number of amides is 4. The Morgan fingerprint density at radius 3 is 2.70 bits per heavy atom. The van der Waals surface area contributed by atoms with Crippen LogP contribution in [0.25, 0.3) is 0 Å². The molecule has 0 aliphatic carbocycles. The van der Waals surface area contributed by atoms with Crippen LogP contribution in [0.1, 0.15) is 25.7 Å². The zero-order valence-corrected chi connectivity index (χ0v) is 13.1. The minimum Gasteiger partial charge on any atom is -0.356 e. The van der Waals surface area contributed by atoms with Gasteiger partial charge in [-0.05, 0) is 19.3 Å². The Kier molecular flexibility index (Phi) is 3.92. The molecular formula is C12H18N4O6S. The first-order valence-electron chi connectivity index (χ1n) is 7.43. The maximum absolute atomic E-state index is 12.3. The van der Waals surface area contributed by atoms with Gasteiger partial charge in [-0.15, -0.1) is 0 Å². The zero-order valence-electron chi connectivity index (χ0n) is 12.3. The van der Waals surface area contributed by atoms with E-state index < -0.39 is 34.3 Å². The fraction of sp³-hybridized carbons (Fsp3) is 0.750. The van der Waals surface area contributed by atoms with Crippen molar-refractivity contribution in [3.63, 3.8) is 0 Å². The molecule has 0 radical (unpaired) electrons. The number of fused-ring (bicyclic) bond motifs is 1. The van der Waals surface area contributed by atoms with Crippen molar-refractivity contribution in [3.8, 4) is 0 Å². The van der Waals surface area contributed by atoms with Crippen LogP contribution in [0.2, 0.25) is 0 Å². The van der Waals surface area contributed by atoms with Gasteiger partial charge in [-0.2, -0.15) is 8.42 Å². The normalized spacial score (nSPS) is 31.1. The third-order valence-corrected chi connectivity index (χ3v) is 5.46. The van der Waals surface area contributed by atoms with E-state index in [1.165, 1.54) is 4.90 Å². The van der Waals surface area contributed by atoms with E-state index in [9.17, 15) is 22.8 Å². The first kappa shape index (κ1) is 16.0. The predicted octanol–water partition coefficient (Wildman–Crippen LogP) is -1.55. The van der Waals surface area contributed by atoms with Gasteiger partial charge in [-0.3, -0.25) is 14.1 Å². The number of hydrogen-bond acceptors (Lipinski definition) is 5. The maximum atomic E-state index is 12.3. The largest absolute Gasteiger partial charge is 0.362 e. The molecule has 3 rings (SSSR count). The molecule has 11 heteroatoms. The summed E-state index contributed by atoms with van der Waals surface area (Å²) in [6.45, 7) is 0.716. The number of likely N-dealkylation sites (tertiary alicyclic amines) is 1. The van der Waals surface area contributed by atoms with Crippen molar-refractivity contribution in [2.75, 3.05) is 13.1 Å². The first-order chi connectivity index (χ1) is 10.8. The molecule has 0 aromatic carbocycles. The Hall–Kier alpha value is -1.88. The van der Waals surface area contributed by atoms with Gasteiger partial charge in [-0.1, -0.05) is 0 Å². The lowest BCUT2D eigenvalue weighted by Gasteiger charge is -2.42. The molecule has 3 aliphatic heterocycles. The molecule has 3 atom stereocenters. The van der Waals surface area contributed by atoms with Gasteiger partial charge >= 0.3 is 16.3 Å². The van der Waals surface area contributed by atoms with Gasteiger partial charge in [0.1, 0.15) is 6.04 Å². The monoisotopic (exact) mass is 346 g/mol. The summed E-state index contributed by atoms with van der Waals surface area (Å²) in [6, 6.07) is -2.16. The van der Waals surface area contributed by atoms with Gasteiger partial charge in [0.2, 0.25) is 5.91 Å². The number of urea groups is 1. The number of nitrogens with one attached hydrogen (secondary N) is 2. The molecule has 0 aromatic heterocycles. The summed E-state index contributed by atoms with van der Waals surface area (Å²) < 4.78 is 31.7. The van der Waals surface area contributed by atoms with Crippen LogP contribution in [-0.2, 0) is 19.9 Å². The molecule has 10 nitrogen and oxygen atoms in total. The Morgan fingerprint density at radius 1 is 1.26 bits per heavy atom. The molecular weight excluding hydrogens is 328 g/mol. The number of rotatable bonds is 2. The second kappa shape index (κ2) is 5.64. The molecule has 0 saturated carbocycles. The second-order valence-corrected chi connectivity index (χ2v) is 7.22. The molecule has 0 bridgehead atoms. The zero-order chi connectivity index (χ0) is 16.8. The number of carbonyl (C=O) groups excluding carboxylic acids is 3. The van der Waals surface area contributed by atoms with Gasteiger partial charge in [-0.25, -0.2) is 9.10 Å². The van der Waals surface area contributed by atoms with Crippen molar-refractivity contribution in [1.82, 2.24) is 19.8 Å². The Bertz CT molecular complexity index is 650. The highest BCUT2D eigenvalue weighted by atomic mass is 32.2. The number of β-lactam (4-membered cyclic amide) rings is 1. The summed E-state index contributed by atoms with van der Waals surface area (Å²) in [5, 5.41) is 5.51. The van der Waals surface area contributed by atoms with Gasteiger partial charge in [0, 0.05) is 25.6 Å². The topological polar surface area (TPSA) is 136 Å². The van der Waals surface area contributed by atoms with E-state index in [1.54, 1.807) is 0 Å². The maximum Gasteiger partial charge on any atom is 0.362 e. The predicted molar refractivity (Wildman–Crippen MR) is 76.5 cm³/mol. The van der Waals surface area contributed by atoms with Crippen molar-refractivity contribution in [3.05, 3.63) is 0 Å². The summed E-state index contributed by atoms with van der Waals surface area (Å²) in [5.74, 6) is -0.844. The first-order valence-corrected chi connectivity index (χ1v) is 8.83. The summed E-state index contributed by atoms with van der Waals surface area (Å²) in [6.07, 6.45) is 1.75. The molecule has 3 N–H and O–H groups in total. The fourth-order valence-corrected chi connectivity index (χ4v) is 4.27. The van der Waals surface area contributed by atoms with E-state index in [4.69, 9.17) is 4.55 Å². The van der Waals surface area contributed by atoms with Crippen LogP contribution in [0.3, 0.4) is 0 Å². The van der Waals surface area contributed by atoms with E-state index in [1.807, 2.05) is 0 Å². The molecule has 1 unspecified atom stereocenters. The molecule has 0 spiro atoms. The summed E-state index contributed by atoms with van der Waals surface area (Å²) in [5.41, 5.74) is 0. The van der Waals surface area contributed by atoms with Crippen LogP contribution in [0.15, 0.2) is 0 Å². The van der Waals surface area contributed by atoms with Crippen LogP contribution < -0.4 is 10.6 Å². The Balaban J connectivity index is 1.62. The summed E-state index contributed by atoms with van der Waals surface area (Å²) in [4.78, 5) is 36.8. The van der Waals surface area contributed by atoms with Gasteiger partial charge in [0.25, 0.3) is 5.91 Å². The molecule has 128 valence electrons. The average Bonchev–Trinajstić information content (AvgIpc) is 2.69. The standard InChI is InChI=1S/C12H18N4O6S/c17-9-2-1-7(3-5-13-9)14-12(19)15-6-4-8-10(15)11(18)16(8)23(20,21)22/h7-8,10H,1-6H2,(H,13,17)(H,14,19)(H,20,21,22)/t7-,8?,10-/m0/s1. The quantitative estimate of drug-likeness (QED) is 0.409. The van der Waals surface area contributed by atoms with Crippen molar-refractivity contribution >= 4 is 28.1 Å². The average molecular weight is 346 g/mol. The molecule has 3 saturated heterocycles. The van der Waals surface area contributed by atoms with Gasteiger partial charge < -0.3 is 15.5 Å². The van der Waals surface area contributed by atoms with Crippen molar-refractivity contribution in [2.24, 2.45) is 0 Å². The highest BCUT2D eigenvalue weighted by Crippen LogP contribution is 2.35.